The minimum Gasteiger partial charge on any atom is -0.491 e. The summed E-state index contributed by atoms with van der Waals surface area (Å²) < 4.78 is 35.9. The number of hydrogen-bond acceptors (Lipinski definition) is 5. The van der Waals surface area contributed by atoms with Crippen molar-refractivity contribution >= 4 is 21.6 Å². The molecular formula is C21H26N2O5S. The van der Waals surface area contributed by atoms with E-state index in [0.717, 1.165) is 31.3 Å². The summed E-state index contributed by atoms with van der Waals surface area (Å²) in [6.07, 6.45) is 3.90. The Balaban J connectivity index is 1.52. The number of amides is 1. The van der Waals surface area contributed by atoms with Crippen molar-refractivity contribution in [1.29, 1.82) is 0 Å². The zero-order chi connectivity index (χ0) is 20.7. The van der Waals surface area contributed by atoms with E-state index in [1.807, 2.05) is 30.3 Å². The van der Waals surface area contributed by atoms with Gasteiger partial charge < -0.3 is 14.8 Å². The van der Waals surface area contributed by atoms with E-state index in [9.17, 15) is 13.2 Å². The molecule has 156 valence electrons. The molecule has 1 aliphatic heterocycles. The fourth-order valence-electron chi connectivity index (χ4n) is 3.04. The van der Waals surface area contributed by atoms with E-state index in [2.05, 4.69) is 10.0 Å². The zero-order valence-corrected chi connectivity index (χ0v) is 17.2. The van der Waals surface area contributed by atoms with Crippen LogP contribution in [0.15, 0.2) is 48.5 Å². The van der Waals surface area contributed by atoms with Crippen molar-refractivity contribution in [3.63, 3.8) is 0 Å². The lowest BCUT2D eigenvalue weighted by atomic mass is 10.1. The third-order valence-corrected chi connectivity index (χ3v) is 5.27. The number of nitrogens with one attached hydrogen (secondary N) is 2. The van der Waals surface area contributed by atoms with Crippen LogP contribution in [-0.4, -0.2) is 46.4 Å². The van der Waals surface area contributed by atoms with Crippen molar-refractivity contribution < 1.29 is 22.7 Å². The fourth-order valence-corrected chi connectivity index (χ4v) is 3.51. The number of anilines is 1. The maximum Gasteiger partial charge on any atom is 0.255 e. The summed E-state index contributed by atoms with van der Waals surface area (Å²) in [6.45, 7) is 1.62. The fraction of sp³-hybridized carbons (Fsp3) is 0.381. The molecule has 1 amide bonds. The van der Waals surface area contributed by atoms with Crippen LogP contribution >= 0.6 is 0 Å². The minimum absolute atomic E-state index is 0.138. The SMILES string of the molecule is CS(=O)(=O)NCCc1ccc(C(=O)Nc2cccc(OCC3CCCO3)c2)cc1. The van der Waals surface area contributed by atoms with E-state index >= 15 is 0 Å². The molecule has 1 heterocycles. The Labute approximate surface area is 171 Å². The van der Waals surface area contributed by atoms with Crippen molar-refractivity contribution in [2.45, 2.75) is 25.4 Å². The van der Waals surface area contributed by atoms with Gasteiger partial charge in [-0.15, -0.1) is 0 Å². The first-order valence-electron chi connectivity index (χ1n) is 9.58. The molecule has 8 heteroatoms. The van der Waals surface area contributed by atoms with Gasteiger partial charge in [0.05, 0.1) is 12.4 Å². The second-order valence-electron chi connectivity index (χ2n) is 7.04. The van der Waals surface area contributed by atoms with Crippen LogP contribution in [0.3, 0.4) is 0 Å². The third kappa shape index (κ3) is 7.16. The molecule has 0 radical (unpaired) electrons. The Hall–Kier alpha value is -2.42. The van der Waals surface area contributed by atoms with Crippen LogP contribution in [0.4, 0.5) is 5.69 Å². The molecule has 0 bridgehead atoms. The van der Waals surface area contributed by atoms with Crippen LogP contribution < -0.4 is 14.8 Å². The smallest absolute Gasteiger partial charge is 0.255 e. The monoisotopic (exact) mass is 418 g/mol. The van der Waals surface area contributed by atoms with Crippen molar-refractivity contribution in [2.75, 3.05) is 31.3 Å². The number of hydrogen-bond donors (Lipinski definition) is 2. The largest absolute Gasteiger partial charge is 0.491 e. The van der Waals surface area contributed by atoms with Gasteiger partial charge in [-0.3, -0.25) is 4.79 Å². The van der Waals surface area contributed by atoms with E-state index < -0.39 is 10.0 Å². The highest BCUT2D eigenvalue weighted by molar-refractivity contribution is 7.88. The van der Waals surface area contributed by atoms with Gasteiger partial charge in [-0.2, -0.15) is 0 Å². The van der Waals surface area contributed by atoms with Crippen molar-refractivity contribution in [2.24, 2.45) is 0 Å². The van der Waals surface area contributed by atoms with Gasteiger partial charge in [0.15, 0.2) is 0 Å². The van der Waals surface area contributed by atoms with Gasteiger partial charge in [0.25, 0.3) is 5.91 Å². The van der Waals surface area contributed by atoms with Crippen LogP contribution in [0.5, 0.6) is 5.75 Å². The highest BCUT2D eigenvalue weighted by Gasteiger charge is 2.16. The average molecular weight is 419 g/mol. The van der Waals surface area contributed by atoms with E-state index in [1.54, 1.807) is 18.2 Å². The van der Waals surface area contributed by atoms with E-state index in [-0.39, 0.29) is 12.0 Å². The number of carbonyl (C=O) groups excluding carboxylic acids is 1. The van der Waals surface area contributed by atoms with Gasteiger partial charge >= 0.3 is 0 Å². The second-order valence-corrected chi connectivity index (χ2v) is 8.87. The summed E-state index contributed by atoms with van der Waals surface area (Å²) in [4.78, 5) is 12.5. The average Bonchev–Trinajstić information content (AvgIpc) is 3.20. The first kappa shape index (κ1) is 21.3. The summed E-state index contributed by atoms with van der Waals surface area (Å²) in [5, 5.41) is 2.87. The molecule has 2 aromatic carbocycles. The number of sulfonamides is 1. The van der Waals surface area contributed by atoms with Crippen LogP contribution in [0, 0.1) is 0 Å². The molecule has 3 rings (SSSR count). The predicted molar refractivity (Wildman–Crippen MR) is 112 cm³/mol. The molecule has 1 atom stereocenters. The Kier molecular flexibility index (Phi) is 7.24. The maximum absolute atomic E-state index is 12.5. The molecule has 0 aromatic heterocycles. The molecule has 2 aromatic rings. The van der Waals surface area contributed by atoms with Gasteiger partial charge in [0, 0.05) is 30.5 Å². The zero-order valence-electron chi connectivity index (χ0n) is 16.4. The first-order valence-corrected chi connectivity index (χ1v) is 11.5. The highest BCUT2D eigenvalue weighted by Crippen LogP contribution is 2.20. The Morgan fingerprint density at radius 1 is 1.21 bits per heavy atom. The quantitative estimate of drug-likeness (QED) is 0.653. The van der Waals surface area contributed by atoms with Crippen molar-refractivity contribution in [3.05, 3.63) is 59.7 Å². The normalized spacial score (nSPS) is 16.5. The summed E-state index contributed by atoms with van der Waals surface area (Å²) in [6, 6.07) is 14.4. The van der Waals surface area contributed by atoms with Gasteiger partial charge in [-0.25, -0.2) is 13.1 Å². The Morgan fingerprint density at radius 2 is 2.00 bits per heavy atom. The predicted octanol–water partition coefficient (Wildman–Crippen LogP) is 2.59. The van der Waals surface area contributed by atoms with Crippen LogP contribution in [0.25, 0.3) is 0 Å². The number of rotatable bonds is 9. The molecule has 1 saturated heterocycles. The number of benzene rings is 2. The van der Waals surface area contributed by atoms with Gasteiger partial charge in [0.2, 0.25) is 10.0 Å². The molecule has 1 fully saturated rings. The lowest BCUT2D eigenvalue weighted by Gasteiger charge is -2.12. The van der Waals surface area contributed by atoms with Crippen molar-refractivity contribution in [1.82, 2.24) is 4.72 Å². The second kappa shape index (κ2) is 9.87. The molecule has 7 nitrogen and oxygen atoms in total. The van der Waals surface area contributed by atoms with Gasteiger partial charge in [-0.1, -0.05) is 18.2 Å². The molecule has 1 aliphatic rings. The molecule has 2 N–H and O–H groups in total. The summed E-state index contributed by atoms with van der Waals surface area (Å²) in [5.74, 6) is 0.467. The summed E-state index contributed by atoms with van der Waals surface area (Å²) >= 11 is 0. The molecule has 29 heavy (non-hydrogen) atoms. The standard InChI is InChI=1S/C21H26N2O5S/c1-29(25,26)22-12-11-16-7-9-17(10-8-16)21(24)23-18-4-2-5-19(14-18)28-15-20-6-3-13-27-20/h2,4-5,7-10,14,20,22H,3,6,11-13,15H2,1H3,(H,23,24). The summed E-state index contributed by atoms with van der Waals surface area (Å²) in [7, 11) is -3.19. The van der Waals surface area contributed by atoms with Crippen LogP contribution in [-0.2, 0) is 21.2 Å². The first-order chi connectivity index (χ1) is 13.9. The number of ether oxygens (including phenoxy) is 2. The molecule has 0 saturated carbocycles. The molecule has 1 unspecified atom stereocenters. The molecular weight excluding hydrogens is 392 g/mol. The third-order valence-electron chi connectivity index (χ3n) is 4.55. The topological polar surface area (TPSA) is 93.7 Å². The van der Waals surface area contributed by atoms with E-state index in [4.69, 9.17) is 9.47 Å². The van der Waals surface area contributed by atoms with Gasteiger partial charge in [-0.05, 0) is 49.1 Å². The maximum atomic E-state index is 12.5. The summed E-state index contributed by atoms with van der Waals surface area (Å²) in [5.41, 5.74) is 2.12. The van der Waals surface area contributed by atoms with E-state index in [0.29, 0.717) is 36.6 Å². The van der Waals surface area contributed by atoms with Crippen LogP contribution in [0.2, 0.25) is 0 Å². The van der Waals surface area contributed by atoms with Crippen molar-refractivity contribution in [3.8, 4) is 5.75 Å². The van der Waals surface area contributed by atoms with Crippen LogP contribution in [0.1, 0.15) is 28.8 Å². The molecule has 0 aliphatic carbocycles. The lowest BCUT2D eigenvalue weighted by Crippen LogP contribution is -2.24. The Morgan fingerprint density at radius 3 is 2.69 bits per heavy atom. The van der Waals surface area contributed by atoms with E-state index in [1.165, 1.54) is 0 Å². The Bertz CT molecular complexity index is 922. The molecule has 0 spiro atoms. The minimum atomic E-state index is -3.19. The van der Waals surface area contributed by atoms with Gasteiger partial charge in [0.1, 0.15) is 12.4 Å². The lowest BCUT2D eigenvalue weighted by molar-refractivity contribution is 0.0680. The number of carbonyl (C=O) groups is 1. The highest BCUT2D eigenvalue weighted by atomic mass is 32.2.